The molecule has 0 aromatic heterocycles. The third-order valence-electron chi connectivity index (χ3n) is 4.48. The van der Waals surface area contributed by atoms with E-state index in [4.69, 9.17) is 0 Å². The number of hydrogen-bond donors (Lipinski definition) is 2. The van der Waals surface area contributed by atoms with Crippen LogP contribution in [-0.4, -0.2) is 24.4 Å². The SMILES string of the molecule is CCN(c1ccc(C(=O)NC(C)c2cccc(NC(C)=O)c2)cc1)C(C)C. The van der Waals surface area contributed by atoms with Gasteiger partial charge in [-0.25, -0.2) is 0 Å². The standard InChI is InChI=1S/C22H29N3O2/c1-6-25(15(2)3)21-12-10-18(11-13-21)22(27)23-16(4)19-8-7-9-20(14-19)24-17(5)26/h7-16H,6H2,1-5H3,(H,23,27)(H,24,26). The van der Waals surface area contributed by atoms with Crippen molar-refractivity contribution in [2.45, 2.75) is 46.7 Å². The van der Waals surface area contributed by atoms with Gasteiger partial charge in [-0.3, -0.25) is 9.59 Å². The Morgan fingerprint density at radius 2 is 1.70 bits per heavy atom. The second kappa shape index (κ2) is 9.21. The lowest BCUT2D eigenvalue weighted by Gasteiger charge is -2.27. The van der Waals surface area contributed by atoms with Gasteiger partial charge < -0.3 is 15.5 Å². The summed E-state index contributed by atoms with van der Waals surface area (Å²) in [6.07, 6.45) is 0. The Morgan fingerprint density at radius 1 is 1.04 bits per heavy atom. The average Bonchev–Trinajstić information content (AvgIpc) is 2.62. The number of carbonyl (C=O) groups excluding carboxylic acids is 2. The topological polar surface area (TPSA) is 61.4 Å². The van der Waals surface area contributed by atoms with E-state index >= 15 is 0 Å². The molecule has 2 aromatic carbocycles. The molecule has 2 rings (SSSR count). The summed E-state index contributed by atoms with van der Waals surface area (Å²) in [4.78, 5) is 26.1. The van der Waals surface area contributed by atoms with E-state index < -0.39 is 0 Å². The Bertz CT molecular complexity index is 784. The highest BCUT2D eigenvalue weighted by atomic mass is 16.2. The van der Waals surface area contributed by atoms with Crippen LogP contribution < -0.4 is 15.5 Å². The Hall–Kier alpha value is -2.82. The lowest BCUT2D eigenvalue weighted by atomic mass is 10.1. The largest absolute Gasteiger partial charge is 0.369 e. The summed E-state index contributed by atoms with van der Waals surface area (Å²) in [5.41, 5.74) is 3.39. The van der Waals surface area contributed by atoms with Crippen molar-refractivity contribution < 1.29 is 9.59 Å². The van der Waals surface area contributed by atoms with E-state index in [1.807, 2.05) is 55.5 Å². The number of benzene rings is 2. The van der Waals surface area contributed by atoms with Crippen LogP contribution in [0.2, 0.25) is 0 Å². The summed E-state index contributed by atoms with van der Waals surface area (Å²) < 4.78 is 0. The van der Waals surface area contributed by atoms with Gasteiger partial charge in [0.1, 0.15) is 0 Å². The highest BCUT2D eigenvalue weighted by Crippen LogP contribution is 2.20. The van der Waals surface area contributed by atoms with Crippen molar-refractivity contribution >= 4 is 23.2 Å². The van der Waals surface area contributed by atoms with Gasteiger partial charge in [-0.05, 0) is 69.7 Å². The smallest absolute Gasteiger partial charge is 0.251 e. The van der Waals surface area contributed by atoms with Crippen LogP contribution in [0.15, 0.2) is 48.5 Å². The molecule has 0 spiro atoms. The molecule has 2 N–H and O–H groups in total. The molecule has 1 unspecified atom stereocenters. The van der Waals surface area contributed by atoms with Crippen molar-refractivity contribution in [3.05, 3.63) is 59.7 Å². The molecular formula is C22H29N3O2. The number of anilines is 2. The normalized spacial score (nSPS) is 11.8. The first-order valence-corrected chi connectivity index (χ1v) is 9.37. The predicted octanol–water partition coefficient (Wildman–Crippen LogP) is 4.37. The molecule has 0 bridgehead atoms. The number of amides is 2. The minimum atomic E-state index is -0.173. The van der Waals surface area contributed by atoms with E-state index in [9.17, 15) is 9.59 Å². The second-order valence-electron chi connectivity index (χ2n) is 6.93. The third kappa shape index (κ3) is 5.58. The van der Waals surface area contributed by atoms with Gasteiger partial charge in [-0.15, -0.1) is 0 Å². The van der Waals surface area contributed by atoms with Gasteiger partial charge in [0.2, 0.25) is 5.91 Å². The summed E-state index contributed by atoms with van der Waals surface area (Å²) in [5, 5.41) is 5.77. The van der Waals surface area contributed by atoms with Gasteiger partial charge in [0.05, 0.1) is 6.04 Å². The van der Waals surface area contributed by atoms with Gasteiger partial charge in [0, 0.05) is 36.4 Å². The lowest BCUT2D eigenvalue weighted by Crippen LogP contribution is -2.30. The molecule has 1 atom stereocenters. The first-order valence-electron chi connectivity index (χ1n) is 9.37. The molecule has 5 nitrogen and oxygen atoms in total. The van der Waals surface area contributed by atoms with Crippen LogP contribution in [0.4, 0.5) is 11.4 Å². The Morgan fingerprint density at radius 3 is 2.26 bits per heavy atom. The number of hydrogen-bond acceptors (Lipinski definition) is 3. The second-order valence-corrected chi connectivity index (χ2v) is 6.93. The van der Waals surface area contributed by atoms with Crippen LogP contribution in [0, 0.1) is 0 Å². The fourth-order valence-electron chi connectivity index (χ4n) is 3.10. The zero-order chi connectivity index (χ0) is 20.0. The lowest BCUT2D eigenvalue weighted by molar-refractivity contribution is -0.114. The van der Waals surface area contributed by atoms with E-state index in [1.54, 1.807) is 0 Å². The van der Waals surface area contributed by atoms with E-state index in [1.165, 1.54) is 6.92 Å². The fraction of sp³-hybridized carbons (Fsp3) is 0.364. The minimum Gasteiger partial charge on any atom is -0.369 e. The number of carbonyl (C=O) groups is 2. The van der Waals surface area contributed by atoms with Crippen molar-refractivity contribution in [3.63, 3.8) is 0 Å². The summed E-state index contributed by atoms with van der Waals surface area (Å²) in [6.45, 7) is 10.8. The fourth-order valence-corrected chi connectivity index (χ4v) is 3.10. The van der Waals surface area contributed by atoms with Crippen molar-refractivity contribution in [2.75, 3.05) is 16.8 Å². The van der Waals surface area contributed by atoms with Gasteiger partial charge >= 0.3 is 0 Å². The zero-order valence-electron chi connectivity index (χ0n) is 16.7. The monoisotopic (exact) mass is 367 g/mol. The zero-order valence-corrected chi connectivity index (χ0v) is 16.7. The maximum absolute atomic E-state index is 12.6. The van der Waals surface area contributed by atoms with Crippen LogP contribution in [-0.2, 0) is 4.79 Å². The van der Waals surface area contributed by atoms with Gasteiger partial charge in [0.15, 0.2) is 0 Å². The first-order chi connectivity index (χ1) is 12.8. The maximum atomic E-state index is 12.6. The molecule has 0 aliphatic heterocycles. The Balaban J connectivity index is 2.07. The van der Waals surface area contributed by atoms with Crippen molar-refractivity contribution in [1.82, 2.24) is 5.32 Å². The van der Waals surface area contributed by atoms with Gasteiger partial charge in [-0.2, -0.15) is 0 Å². The van der Waals surface area contributed by atoms with Gasteiger partial charge in [-0.1, -0.05) is 12.1 Å². The number of rotatable bonds is 7. The Labute approximate surface area is 161 Å². The number of nitrogens with zero attached hydrogens (tertiary/aromatic N) is 1. The van der Waals surface area contributed by atoms with Crippen molar-refractivity contribution in [2.24, 2.45) is 0 Å². The molecule has 144 valence electrons. The molecule has 0 saturated heterocycles. The van der Waals surface area contributed by atoms with E-state index in [-0.39, 0.29) is 17.9 Å². The van der Waals surface area contributed by atoms with E-state index in [2.05, 4.69) is 36.3 Å². The molecular weight excluding hydrogens is 338 g/mol. The summed E-state index contributed by atoms with van der Waals surface area (Å²) in [6, 6.07) is 15.4. The Kier molecular flexibility index (Phi) is 6.99. The van der Waals surface area contributed by atoms with Crippen molar-refractivity contribution in [3.8, 4) is 0 Å². The molecule has 0 saturated carbocycles. The molecule has 27 heavy (non-hydrogen) atoms. The molecule has 0 heterocycles. The average molecular weight is 367 g/mol. The molecule has 0 aliphatic carbocycles. The van der Waals surface area contributed by atoms with Crippen molar-refractivity contribution in [1.29, 1.82) is 0 Å². The molecule has 0 aliphatic rings. The maximum Gasteiger partial charge on any atom is 0.251 e. The molecule has 0 fully saturated rings. The third-order valence-corrected chi connectivity index (χ3v) is 4.48. The molecule has 0 radical (unpaired) electrons. The van der Waals surface area contributed by atoms with Crippen LogP contribution >= 0.6 is 0 Å². The highest BCUT2D eigenvalue weighted by Gasteiger charge is 2.13. The molecule has 5 heteroatoms. The number of nitrogens with one attached hydrogen (secondary N) is 2. The molecule has 2 amide bonds. The van der Waals surface area contributed by atoms with Crippen LogP contribution in [0.25, 0.3) is 0 Å². The minimum absolute atomic E-state index is 0.119. The van der Waals surface area contributed by atoms with Crippen LogP contribution in [0.5, 0.6) is 0 Å². The summed E-state index contributed by atoms with van der Waals surface area (Å²) in [5.74, 6) is -0.238. The highest BCUT2D eigenvalue weighted by molar-refractivity contribution is 5.95. The first kappa shape index (κ1) is 20.5. The summed E-state index contributed by atoms with van der Waals surface area (Å²) >= 11 is 0. The quantitative estimate of drug-likeness (QED) is 0.764. The van der Waals surface area contributed by atoms with Crippen LogP contribution in [0.1, 0.15) is 56.6 Å². The summed E-state index contributed by atoms with van der Waals surface area (Å²) in [7, 11) is 0. The van der Waals surface area contributed by atoms with Gasteiger partial charge in [0.25, 0.3) is 5.91 Å². The van der Waals surface area contributed by atoms with E-state index in [0.29, 0.717) is 11.6 Å². The van der Waals surface area contributed by atoms with Crippen LogP contribution in [0.3, 0.4) is 0 Å². The predicted molar refractivity (Wildman–Crippen MR) is 111 cm³/mol. The molecule has 2 aromatic rings. The van der Waals surface area contributed by atoms with E-state index in [0.717, 1.165) is 23.5 Å².